The van der Waals surface area contributed by atoms with Crippen LogP contribution in [0.3, 0.4) is 0 Å². The summed E-state index contributed by atoms with van der Waals surface area (Å²) in [6.45, 7) is 3.09. The molecule has 0 unspecified atom stereocenters. The van der Waals surface area contributed by atoms with Gasteiger partial charge in [0.2, 0.25) is 0 Å². The molecule has 0 atom stereocenters. The summed E-state index contributed by atoms with van der Waals surface area (Å²) in [7, 11) is 0. The summed E-state index contributed by atoms with van der Waals surface area (Å²) in [5.41, 5.74) is 5.42. The molecule has 1 rings (SSSR count). The summed E-state index contributed by atoms with van der Waals surface area (Å²) in [4.78, 5) is 19.4. The van der Waals surface area contributed by atoms with Gasteiger partial charge < -0.3 is 21.1 Å². The lowest BCUT2D eigenvalue weighted by Crippen LogP contribution is -2.38. The predicted molar refractivity (Wildman–Crippen MR) is 63.4 cm³/mol. The molecule has 96 valence electrons. The SMILES string of the molecule is NCCN(CCNCc1ncc[nH]1)CC(=O)O. The number of nitrogens with one attached hydrogen (secondary N) is 2. The molecule has 0 saturated carbocycles. The molecular weight excluding hydrogens is 222 g/mol. The second-order valence-corrected chi connectivity index (χ2v) is 3.67. The number of imidazole rings is 1. The maximum atomic E-state index is 10.6. The van der Waals surface area contributed by atoms with Crippen molar-refractivity contribution in [3.8, 4) is 0 Å². The van der Waals surface area contributed by atoms with Crippen LogP contribution < -0.4 is 11.1 Å². The molecule has 1 heterocycles. The lowest BCUT2D eigenvalue weighted by Gasteiger charge is -2.19. The van der Waals surface area contributed by atoms with E-state index in [2.05, 4.69) is 15.3 Å². The number of H-pyrrole nitrogens is 1. The Hall–Kier alpha value is -1.44. The predicted octanol–water partition coefficient (Wildman–Crippen LogP) is -1.16. The van der Waals surface area contributed by atoms with E-state index in [1.54, 1.807) is 17.3 Å². The molecule has 0 saturated heterocycles. The van der Waals surface area contributed by atoms with Crippen LogP contribution in [0.5, 0.6) is 0 Å². The summed E-state index contributed by atoms with van der Waals surface area (Å²) in [5, 5.41) is 11.9. The minimum atomic E-state index is -0.829. The summed E-state index contributed by atoms with van der Waals surface area (Å²) < 4.78 is 0. The zero-order valence-corrected chi connectivity index (χ0v) is 9.72. The van der Waals surface area contributed by atoms with Crippen molar-refractivity contribution in [1.29, 1.82) is 0 Å². The summed E-state index contributed by atoms with van der Waals surface area (Å²) in [6, 6.07) is 0. The molecule has 0 aliphatic rings. The standard InChI is InChI=1S/C10H19N5O2/c11-1-5-15(8-10(16)17)6-4-12-7-9-13-2-3-14-9/h2-3,12H,1,4-8,11H2,(H,13,14)(H,16,17). The highest BCUT2D eigenvalue weighted by Gasteiger charge is 2.07. The van der Waals surface area contributed by atoms with Crippen molar-refractivity contribution in [2.24, 2.45) is 5.73 Å². The smallest absolute Gasteiger partial charge is 0.317 e. The number of rotatable bonds is 9. The fourth-order valence-corrected chi connectivity index (χ4v) is 1.48. The number of nitrogens with zero attached hydrogens (tertiary/aromatic N) is 2. The van der Waals surface area contributed by atoms with Gasteiger partial charge in [0.1, 0.15) is 5.82 Å². The zero-order chi connectivity index (χ0) is 12.5. The maximum Gasteiger partial charge on any atom is 0.317 e. The van der Waals surface area contributed by atoms with Gasteiger partial charge in [-0.1, -0.05) is 0 Å². The quantitative estimate of drug-likeness (QED) is 0.406. The number of hydrogen-bond acceptors (Lipinski definition) is 5. The third-order valence-electron chi connectivity index (χ3n) is 2.26. The fourth-order valence-electron chi connectivity index (χ4n) is 1.48. The fraction of sp³-hybridized carbons (Fsp3) is 0.600. The Bertz CT molecular complexity index is 315. The van der Waals surface area contributed by atoms with Gasteiger partial charge in [-0.3, -0.25) is 9.69 Å². The summed E-state index contributed by atoms with van der Waals surface area (Å²) >= 11 is 0. The van der Waals surface area contributed by atoms with Crippen LogP contribution in [0.25, 0.3) is 0 Å². The maximum absolute atomic E-state index is 10.6. The molecule has 7 nitrogen and oxygen atoms in total. The molecule has 0 fully saturated rings. The highest BCUT2D eigenvalue weighted by molar-refractivity contribution is 5.69. The molecule has 0 aliphatic heterocycles. The molecule has 0 spiro atoms. The van der Waals surface area contributed by atoms with Crippen LogP contribution >= 0.6 is 0 Å². The minimum absolute atomic E-state index is 0.0274. The highest BCUT2D eigenvalue weighted by atomic mass is 16.4. The van der Waals surface area contributed by atoms with Crippen LogP contribution in [0.4, 0.5) is 0 Å². The number of carboxylic acids is 1. The van der Waals surface area contributed by atoms with E-state index >= 15 is 0 Å². The van der Waals surface area contributed by atoms with Crippen LogP contribution in [-0.2, 0) is 11.3 Å². The van der Waals surface area contributed by atoms with Gasteiger partial charge in [0.05, 0.1) is 13.1 Å². The van der Waals surface area contributed by atoms with E-state index in [0.29, 0.717) is 32.7 Å². The molecule has 7 heteroatoms. The van der Waals surface area contributed by atoms with E-state index in [0.717, 1.165) is 5.82 Å². The molecule has 1 aromatic heterocycles. The highest BCUT2D eigenvalue weighted by Crippen LogP contribution is 1.88. The first-order valence-corrected chi connectivity index (χ1v) is 5.55. The van der Waals surface area contributed by atoms with Gasteiger partial charge in [0, 0.05) is 38.6 Å². The van der Waals surface area contributed by atoms with Crippen molar-refractivity contribution in [3.05, 3.63) is 18.2 Å². The van der Waals surface area contributed by atoms with Crippen LogP contribution in [0, 0.1) is 0 Å². The Kier molecular flexibility index (Phi) is 6.23. The number of nitrogens with two attached hydrogens (primary N) is 1. The number of aliphatic carboxylic acids is 1. The van der Waals surface area contributed by atoms with Gasteiger partial charge in [-0.15, -0.1) is 0 Å². The molecule has 0 bridgehead atoms. The van der Waals surface area contributed by atoms with E-state index in [9.17, 15) is 4.79 Å². The number of carboxylic acid groups (broad SMARTS) is 1. The summed E-state index contributed by atoms with van der Waals surface area (Å²) in [5.74, 6) is 0.0399. The Morgan fingerprint density at radius 2 is 2.41 bits per heavy atom. The van der Waals surface area contributed by atoms with Gasteiger partial charge in [-0.2, -0.15) is 0 Å². The van der Waals surface area contributed by atoms with Crippen molar-refractivity contribution in [1.82, 2.24) is 20.2 Å². The summed E-state index contributed by atoms with van der Waals surface area (Å²) in [6.07, 6.45) is 3.46. The van der Waals surface area contributed by atoms with Crippen molar-refractivity contribution in [2.75, 3.05) is 32.7 Å². The first kappa shape index (κ1) is 13.6. The topological polar surface area (TPSA) is 107 Å². The van der Waals surface area contributed by atoms with E-state index in [-0.39, 0.29) is 6.54 Å². The third-order valence-corrected chi connectivity index (χ3v) is 2.26. The molecule has 0 aromatic carbocycles. The van der Waals surface area contributed by atoms with E-state index in [4.69, 9.17) is 10.8 Å². The largest absolute Gasteiger partial charge is 0.480 e. The lowest BCUT2D eigenvalue weighted by molar-refractivity contribution is -0.138. The van der Waals surface area contributed by atoms with Gasteiger partial charge in [0.25, 0.3) is 0 Å². The average Bonchev–Trinajstić information content (AvgIpc) is 2.76. The Balaban J connectivity index is 2.15. The van der Waals surface area contributed by atoms with Crippen LogP contribution in [0.1, 0.15) is 5.82 Å². The molecule has 17 heavy (non-hydrogen) atoms. The van der Waals surface area contributed by atoms with Crippen molar-refractivity contribution in [2.45, 2.75) is 6.54 Å². The number of carbonyl (C=O) groups is 1. The van der Waals surface area contributed by atoms with Gasteiger partial charge >= 0.3 is 5.97 Å². The second-order valence-electron chi connectivity index (χ2n) is 3.67. The number of aromatic amines is 1. The molecule has 0 radical (unpaired) electrons. The van der Waals surface area contributed by atoms with Crippen LogP contribution in [0.2, 0.25) is 0 Å². The normalized spacial score (nSPS) is 10.9. The third kappa shape index (κ3) is 6.00. The first-order chi connectivity index (χ1) is 8.22. The molecule has 1 aromatic rings. The lowest BCUT2D eigenvalue weighted by atomic mass is 10.4. The Morgan fingerprint density at radius 3 is 3.00 bits per heavy atom. The minimum Gasteiger partial charge on any atom is -0.480 e. The van der Waals surface area contributed by atoms with Crippen LogP contribution in [0.15, 0.2) is 12.4 Å². The Labute approximate surface area is 100 Å². The Morgan fingerprint density at radius 1 is 1.59 bits per heavy atom. The average molecular weight is 241 g/mol. The first-order valence-electron chi connectivity index (χ1n) is 5.55. The zero-order valence-electron chi connectivity index (χ0n) is 9.72. The molecular formula is C10H19N5O2. The van der Waals surface area contributed by atoms with Crippen LogP contribution in [-0.4, -0.2) is 58.7 Å². The number of hydrogen-bond donors (Lipinski definition) is 4. The monoisotopic (exact) mass is 241 g/mol. The molecule has 5 N–H and O–H groups in total. The van der Waals surface area contributed by atoms with Gasteiger partial charge in [-0.05, 0) is 0 Å². The van der Waals surface area contributed by atoms with Gasteiger partial charge in [0.15, 0.2) is 0 Å². The van der Waals surface area contributed by atoms with Gasteiger partial charge in [-0.25, -0.2) is 4.98 Å². The molecule has 0 aliphatic carbocycles. The van der Waals surface area contributed by atoms with E-state index < -0.39 is 5.97 Å². The second kappa shape index (κ2) is 7.77. The number of aromatic nitrogens is 2. The molecule has 0 amide bonds. The van der Waals surface area contributed by atoms with E-state index in [1.807, 2.05) is 0 Å². The van der Waals surface area contributed by atoms with E-state index in [1.165, 1.54) is 0 Å². The van der Waals surface area contributed by atoms with Crippen molar-refractivity contribution < 1.29 is 9.90 Å². The van der Waals surface area contributed by atoms with Crippen molar-refractivity contribution >= 4 is 5.97 Å². The van der Waals surface area contributed by atoms with Crippen molar-refractivity contribution in [3.63, 3.8) is 0 Å².